The van der Waals surface area contributed by atoms with Gasteiger partial charge in [-0.3, -0.25) is 0 Å². The van der Waals surface area contributed by atoms with Crippen LogP contribution in [-0.4, -0.2) is 15.2 Å². The minimum atomic E-state index is 0.470. The molecule has 1 aromatic carbocycles. The van der Waals surface area contributed by atoms with Crippen molar-refractivity contribution in [1.82, 2.24) is 15.2 Å². The Morgan fingerprint density at radius 2 is 2.05 bits per heavy atom. The van der Waals surface area contributed by atoms with Gasteiger partial charge in [0.1, 0.15) is 5.69 Å². The van der Waals surface area contributed by atoms with Crippen molar-refractivity contribution in [2.75, 3.05) is 0 Å². The van der Waals surface area contributed by atoms with Gasteiger partial charge in [-0.2, -0.15) is 0 Å². The van der Waals surface area contributed by atoms with E-state index in [2.05, 4.69) is 15.2 Å². The summed E-state index contributed by atoms with van der Waals surface area (Å²) in [6.07, 6.45) is 0.707. The van der Waals surface area contributed by atoms with Crippen molar-refractivity contribution in [3.05, 3.63) is 33.6 Å². The van der Waals surface area contributed by atoms with Crippen molar-refractivity contribution in [2.45, 2.75) is 20.3 Å². The quantitative estimate of drug-likeness (QED) is 0.762. The van der Waals surface area contributed by atoms with Gasteiger partial charge < -0.3 is 9.40 Å². The Morgan fingerprint density at radius 1 is 1.26 bits per heavy atom. The van der Waals surface area contributed by atoms with E-state index in [0.717, 1.165) is 22.2 Å². The summed E-state index contributed by atoms with van der Waals surface area (Å²) in [6.45, 7) is 3.93. The molecule has 0 radical (unpaired) electrons. The van der Waals surface area contributed by atoms with Crippen LogP contribution in [0.4, 0.5) is 0 Å². The summed E-state index contributed by atoms with van der Waals surface area (Å²) in [5.41, 5.74) is 2.60. The lowest BCUT2D eigenvalue weighted by Gasteiger charge is -1.95. The van der Waals surface area contributed by atoms with Gasteiger partial charge in [0.15, 0.2) is 0 Å². The molecule has 0 fully saturated rings. The molecular formula is C13H11Cl2N3O. The van der Waals surface area contributed by atoms with Gasteiger partial charge in [0.25, 0.3) is 5.89 Å². The summed E-state index contributed by atoms with van der Waals surface area (Å²) in [6, 6.07) is 3.58. The molecule has 0 unspecified atom stereocenters. The van der Waals surface area contributed by atoms with E-state index in [1.165, 1.54) is 0 Å². The predicted molar refractivity (Wildman–Crippen MR) is 75.7 cm³/mol. The van der Waals surface area contributed by atoms with Crippen molar-refractivity contribution in [3.63, 3.8) is 0 Å². The molecule has 19 heavy (non-hydrogen) atoms. The summed E-state index contributed by atoms with van der Waals surface area (Å²) in [5, 5.41) is 10.1. The average Bonchev–Trinajstić information content (AvgIpc) is 2.95. The van der Waals surface area contributed by atoms with Gasteiger partial charge in [0, 0.05) is 16.8 Å². The number of rotatable bonds is 2. The molecule has 0 saturated carbocycles. The van der Waals surface area contributed by atoms with E-state index in [-0.39, 0.29) is 0 Å². The lowest BCUT2D eigenvalue weighted by atomic mass is 10.1. The minimum absolute atomic E-state index is 0.470. The third-order valence-electron chi connectivity index (χ3n) is 3.07. The average molecular weight is 296 g/mol. The van der Waals surface area contributed by atoms with Crippen molar-refractivity contribution >= 4 is 34.1 Å². The highest BCUT2D eigenvalue weighted by atomic mass is 35.5. The van der Waals surface area contributed by atoms with Crippen LogP contribution in [0, 0.1) is 6.92 Å². The second-order valence-electron chi connectivity index (χ2n) is 4.29. The smallest absolute Gasteiger partial charge is 0.264 e. The SMILES string of the molecule is CCc1nnc(-c2[nH]c3c(Cl)cc(Cl)cc3c2C)o1. The second kappa shape index (κ2) is 4.54. The molecule has 6 heteroatoms. The Balaban J connectivity index is 2.25. The third-order valence-corrected chi connectivity index (χ3v) is 3.58. The number of nitrogens with zero attached hydrogens (tertiary/aromatic N) is 2. The molecule has 3 aromatic rings. The molecule has 0 bridgehead atoms. The van der Waals surface area contributed by atoms with E-state index in [4.69, 9.17) is 27.6 Å². The van der Waals surface area contributed by atoms with E-state index in [1.807, 2.05) is 19.9 Å². The van der Waals surface area contributed by atoms with E-state index in [9.17, 15) is 0 Å². The molecule has 0 amide bonds. The molecule has 4 nitrogen and oxygen atoms in total. The number of fused-ring (bicyclic) bond motifs is 1. The van der Waals surface area contributed by atoms with Crippen molar-refractivity contribution in [1.29, 1.82) is 0 Å². The van der Waals surface area contributed by atoms with Crippen molar-refractivity contribution in [3.8, 4) is 11.6 Å². The van der Waals surface area contributed by atoms with Crippen LogP contribution in [0.3, 0.4) is 0 Å². The number of halogens is 2. The summed E-state index contributed by atoms with van der Waals surface area (Å²) in [7, 11) is 0. The van der Waals surface area contributed by atoms with Crippen molar-refractivity contribution in [2.24, 2.45) is 0 Å². The van der Waals surface area contributed by atoms with Gasteiger partial charge >= 0.3 is 0 Å². The molecule has 0 aliphatic rings. The lowest BCUT2D eigenvalue weighted by Crippen LogP contribution is -1.80. The fraction of sp³-hybridized carbons (Fsp3) is 0.231. The van der Waals surface area contributed by atoms with Crippen LogP contribution in [0.2, 0.25) is 10.0 Å². The minimum Gasteiger partial charge on any atom is -0.419 e. The van der Waals surface area contributed by atoms with Crippen LogP contribution < -0.4 is 0 Å². The second-order valence-corrected chi connectivity index (χ2v) is 5.13. The van der Waals surface area contributed by atoms with Gasteiger partial charge in [0.05, 0.1) is 10.5 Å². The Morgan fingerprint density at radius 3 is 2.74 bits per heavy atom. The topological polar surface area (TPSA) is 54.7 Å². The monoisotopic (exact) mass is 295 g/mol. The van der Waals surface area contributed by atoms with E-state index < -0.39 is 0 Å². The third kappa shape index (κ3) is 2.01. The molecule has 2 aromatic heterocycles. The number of hydrogen-bond acceptors (Lipinski definition) is 3. The van der Waals surface area contributed by atoms with Crippen LogP contribution >= 0.6 is 23.2 Å². The zero-order valence-electron chi connectivity index (χ0n) is 10.4. The zero-order valence-corrected chi connectivity index (χ0v) is 11.9. The van der Waals surface area contributed by atoms with Crippen LogP contribution in [0.1, 0.15) is 18.4 Å². The molecule has 0 spiro atoms. The highest BCUT2D eigenvalue weighted by Gasteiger charge is 2.17. The van der Waals surface area contributed by atoms with E-state index in [0.29, 0.717) is 28.2 Å². The van der Waals surface area contributed by atoms with Gasteiger partial charge in [-0.25, -0.2) is 0 Å². The Bertz CT molecular complexity index is 761. The summed E-state index contributed by atoms with van der Waals surface area (Å²) in [4.78, 5) is 3.23. The number of aryl methyl sites for hydroxylation is 2. The number of hydrogen-bond donors (Lipinski definition) is 1. The number of benzene rings is 1. The highest BCUT2D eigenvalue weighted by molar-refractivity contribution is 6.38. The van der Waals surface area contributed by atoms with E-state index in [1.54, 1.807) is 6.07 Å². The van der Waals surface area contributed by atoms with Gasteiger partial charge in [-0.05, 0) is 24.6 Å². The molecule has 0 aliphatic heterocycles. The van der Waals surface area contributed by atoms with Gasteiger partial charge in [0.2, 0.25) is 5.89 Å². The van der Waals surface area contributed by atoms with Crippen LogP contribution in [0.15, 0.2) is 16.5 Å². The Kier molecular flexibility index (Phi) is 2.99. The summed E-state index contributed by atoms with van der Waals surface area (Å²) < 4.78 is 5.57. The molecule has 0 saturated heterocycles. The Labute approximate surface area is 119 Å². The maximum atomic E-state index is 6.19. The zero-order chi connectivity index (χ0) is 13.6. The normalized spacial score (nSPS) is 11.4. The molecule has 0 atom stereocenters. The first-order chi connectivity index (χ1) is 9.10. The summed E-state index contributed by atoms with van der Waals surface area (Å²) >= 11 is 12.2. The maximum Gasteiger partial charge on any atom is 0.264 e. The maximum absolute atomic E-state index is 6.19. The van der Waals surface area contributed by atoms with Crippen molar-refractivity contribution < 1.29 is 4.42 Å². The summed E-state index contributed by atoms with van der Waals surface area (Å²) in [5.74, 6) is 1.08. The Hall–Kier alpha value is -1.52. The fourth-order valence-electron chi connectivity index (χ4n) is 2.06. The number of aromatic nitrogens is 3. The van der Waals surface area contributed by atoms with Crippen LogP contribution in [0.25, 0.3) is 22.5 Å². The molecule has 0 aliphatic carbocycles. The number of H-pyrrole nitrogens is 1. The van der Waals surface area contributed by atoms with E-state index >= 15 is 0 Å². The first-order valence-corrected chi connectivity index (χ1v) is 6.65. The van der Waals surface area contributed by atoms with Crippen LogP contribution in [-0.2, 0) is 6.42 Å². The first kappa shape index (κ1) is 12.5. The predicted octanol–water partition coefficient (Wildman–Crippen LogP) is 4.40. The highest BCUT2D eigenvalue weighted by Crippen LogP contribution is 2.34. The fourth-order valence-corrected chi connectivity index (χ4v) is 2.60. The lowest BCUT2D eigenvalue weighted by molar-refractivity contribution is 0.511. The largest absolute Gasteiger partial charge is 0.419 e. The molecule has 1 N–H and O–H groups in total. The van der Waals surface area contributed by atoms with Gasteiger partial charge in [-0.15, -0.1) is 10.2 Å². The van der Waals surface area contributed by atoms with Gasteiger partial charge in [-0.1, -0.05) is 30.1 Å². The molecule has 3 rings (SSSR count). The first-order valence-electron chi connectivity index (χ1n) is 5.90. The number of nitrogens with one attached hydrogen (secondary N) is 1. The molecule has 98 valence electrons. The molecule has 2 heterocycles. The molecular weight excluding hydrogens is 285 g/mol. The standard InChI is InChI=1S/C13H11Cl2N3O/c1-3-10-17-18-13(19-10)11-6(2)8-4-7(14)5-9(15)12(8)16-11/h4-5,16H,3H2,1-2H3. The van der Waals surface area contributed by atoms with Crippen LogP contribution in [0.5, 0.6) is 0 Å². The number of aromatic amines is 1.